The summed E-state index contributed by atoms with van der Waals surface area (Å²) in [4.78, 5) is 35.1. The van der Waals surface area contributed by atoms with Gasteiger partial charge in [-0.05, 0) is 81.5 Å². The van der Waals surface area contributed by atoms with Crippen molar-refractivity contribution >= 4 is 22.9 Å². The Balaban J connectivity index is 1.15. The summed E-state index contributed by atoms with van der Waals surface area (Å²) in [5.74, 6) is 0.851. The number of methoxy groups -OCH3 is 1. The van der Waals surface area contributed by atoms with E-state index < -0.39 is 5.41 Å². The highest BCUT2D eigenvalue weighted by Gasteiger charge is 2.45. The molecule has 0 spiro atoms. The number of imidazole rings is 1. The molecule has 2 unspecified atom stereocenters. The van der Waals surface area contributed by atoms with Crippen molar-refractivity contribution in [1.82, 2.24) is 19.4 Å². The Hall–Kier alpha value is -3.19. The fourth-order valence-corrected chi connectivity index (χ4v) is 8.34. The predicted octanol–water partition coefficient (Wildman–Crippen LogP) is 6.05. The molecule has 1 amide bonds. The van der Waals surface area contributed by atoms with Gasteiger partial charge in [0.15, 0.2) is 0 Å². The van der Waals surface area contributed by atoms with Crippen molar-refractivity contribution in [3.63, 3.8) is 0 Å². The molecule has 3 saturated heterocycles. The van der Waals surface area contributed by atoms with Crippen LogP contribution in [0.1, 0.15) is 82.6 Å². The second-order valence-electron chi connectivity index (χ2n) is 13.6. The van der Waals surface area contributed by atoms with E-state index in [9.17, 15) is 9.59 Å². The van der Waals surface area contributed by atoms with E-state index in [-0.39, 0.29) is 23.7 Å². The summed E-state index contributed by atoms with van der Waals surface area (Å²) >= 11 is 0. The number of aryl methyl sites for hydroxylation is 1. The number of carbonyl (C=O) groups excluding carboxylic acids is 2. The van der Waals surface area contributed by atoms with E-state index in [1.807, 2.05) is 18.7 Å². The van der Waals surface area contributed by atoms with Crippen LogP contribution in [0, 0.1) is 12.3 Å². The van der Waals surface area contributed by atoms with Gasteiger partial charge in [-0.15, -0.1) is 0 Å². The quantitative estimate of drug-likeness (QED) is 0.309. The normalized spacial score (nSPS) is 24.2. The van der Waals surface area contributed by atoms with Crippen molar-refractivity contribution in [2.75, 3.05) is 26.7 Å². The number of ether oxygens (including phenoxy) is 1. The topological polar surface area (TPSA) is 67.7 Å². The van der Waals surface area contributed by atoms with Crippen LogP contribution in [0.5, 0.6) is 0 Å². The maximum Gasteiger partial charge on any atom is 0.306 e. The molecule has 42 heavy (non-hydrogen) atoms. The van der Waals surface area contributed by atoms with Crippen molar-refractivity contribution in [2.45, 2.75) is 95.7 Å². The van der Waals surface area contributed by atoms with Gasteiger partial charge < -0.3 is 14.2 Å². The minimum Gasteiger partial charge on any atom is -0.469 e. The van der Waals surface area contributed by atoms with Gasteiger partial charge in [0.2, 0.25) is 5.91 Å². The first-order valence-electron chi connectivity index (χ1n) is 15.8. The Bertz CT molecular complexity index is 1410. The number of hydrogen-bond acceptors (Lipinski definition) is 5. The van der Waals surface area contributed by atoms with Gasteiger partial charge in [0.25, 0.3) is 0 Å². The lowest BCUT2D eigenvalue weighted by molar-refractivity contribution is -0.151. The standard InChI is InChI=1S/C35H46N4O3/c1-25-36-30-12-8-9-13-31(30)39(25)29-22-27-14-15-28(23-29)38(27)21-18-35(26-10-6-5-7-11-26)16-19-37(20-17-35)33(41)34(2,3)24-32(40)42-4/h5-13,27-29H,14-24H2,1-4H3. The molecular formula is C35H46N4O3. The van der Waals surface area contributed by atoms with Gasteiger partial charge in [-0.2, -0.15) is 0 Å². The van der Waals surface area contributed by atoms with Gasteiger partial charge in [0.05, 0.1) is 30.0 Å². The third-order valence-electron chi connectivity index (χ3n) is 10.6. The molecule has 0 saturated carbocycles. The first-order chi connectivity index (χ1) is 20.2. The zero-order valence-corrected chi connectivity index (χ0v) is 25.7. The van der Waals surface area contributed by atoms with E-state index in [4.69, 9.17) is 9.72 Å². The molecule has 0 radical (unpaired) electrons. The van der Waals surface area contributed by atoms with Crippen LogP contribution in [0.15, 0.2) is 54.6 Å². The van der Waals surface area contributed by atoms with Gasteiger partial charge in [-0.1, -0.05) is 56.3 Å². The van der Waals surface area contributed by atoms with Gasteiger partial charge in [0, 0.05) is 31.2 Å². The summed E-state index contributed by atoms with van der Waals surface area (Å²) in [6.07, 6.45) is 8.05. The van der Waals surface area contributed by atoms with Crippen LogP contribution in [0.3, 0.4) is 0 Å². The van der Waals surface area contributed by atoms with Gasteiger partial charge >= 0.3 is 5.97 Å². The van der Waals surface area contributed by atoms with Crippen molar-refractivity contribution in [1.29, 1.82) is 0 Å². The zero-order valence-electron chi connectivity index (χ0n) is 25.7. The van der Waals surface area contributed by atoms with Crippen LogP contribution < -0.4 is 0 Å². The Kier molecular flexibility index (Phi) is 7.90. The SMILES string of the molecule is COC(=O)CC(C)(C)C(=O)N1CCC(CCN2C3CCC2CC(n2c(C)nc4ccccc42)C3)(c2ccccc2)CC1. The Labute approximate surface area is 250 Å². The van der Waals surface area contributed by atoms with Gasteiger partial charge in [-0.3, -0.25) is 14.5 Å². The van der Waals surface area contributed by atoms with Gasteiger partial charge in [-0.25, -0.2) is 4.98 Å². The molecule has 7 nitrogen and oxygen atoms in total. The molecule has 2 bridgehead atoms. The molecule has 2 atom stereocenters. The third kappa shape index (κ3) is 5.36. The smallest absolute Gasteiger partial charge is 0.306 e. The summed E-state index contributed by atoms with van der Waals surface area (Å²) in [5.41, 5.74) is 3.06. The highest BCUT2D eigenvalue weighted by atomic mass is 16.5. The van der Waals surface area contributed by atoms with Crippen molar-refractivity contribution in [3.8, 4) is 0 Å². The number of carbonyl (C=O) groups is 2. The number of nitrogens with zero attached hydrogens (tertiary/aromatic N) is 4. The largest absolute Gasteiger partial charge is 0.469 e. The molecule has 7 heteroatoms. The van der Waals surface area contributed by atoms with Crippen LogP contribution in [-0.2, 0) is 19.7 Å². The van der Waals surface area contributed by atoms with Crippen LogP contribution >= 0.6 is 0 Å². The molecule has 1 aromatic heterocycles. The number of fused-ring (bicyclic) bond motifs is 3. The monoisotopic (exact) mass is 570 g/mol. The van der Waals surface area contributed by atoms with E-state index in [1.54, 1.807) is 0 Å². The third-order valence-corrected chi connectivity index (χ3v) is 10.6. The van der Waals surface area contributed by atoms with Gasteiger partial charge in [0.1, 0.15) is 5.82 Å². The van der Waals surface area contributed by atoms with Crippen LogP contribution in [0.25, 0.3) is 11.0 Å². The number of piperidine rings is 2. The maximum absolute atomic E-state index is 13.5. The van der Waals surface area contributed by atoms with E-state index in [0.29, 0.717) is 18.1 Å². The molecule has 3 aliphatic rings. The molecule has 224 valence electrons. The summed E-state index contributed by atoms with van der Waals surface area (Å²) in [6.45, 7) is 8.42. The average molecular weight is 571 g/mol. The molecule has 3 aliphatic heterocycles. The van der Waals surface area contributed by atoms with Crippen LogP contribution in [-0.4, -0.2) is 70.1 Å². The molecule has 0 aliphatic carbocycles. The first kappa shape index (κ1) is 28.9. The Morgan fingerprint density at radius 3 is 2.26 bits per heavy atom. The summed E-state index contributed by atoms with van der Waals surface area (Å²) in [7, 11) is 1.38. The van der Waals surface area contributed by atoms with Crippen molar-refractivity contribution < 1.29 is 14.3 Å². The molecule has 2 aromatic carbocycles. The van der Waals surface area contributed by atoms with Crippen LogP contribution in [0.2, 0.25) is 0 Å². The van der Waals surface area contributed by atoms with E-state index in [1.165, 1.54) is 43.9 Å². The predicted molar refractivity (Wildman–Crippen MR) is 165 cm³/mol. The maximum atomic E-state index is 13.5. The number of benzene rings is 2. The van der Waals surface area contributed by atoms with Crippen LogP contribution in [0.4, 0.5) is 0 Å². The first-order valence-corrected chi connectivity index (χ1v) is 15.8. The van der Waals surface area contributed by atoms with E-state index >= 15 is 0 Å². The molecule has 4 heterocycles. The molecule has 3 aromatic rings. The number of hydrogen-bond donors (Lipinski definition) is 0. The molecule has 0 N–H and O–H groups in total. The summed E-state index contributed by atoms with van der Waals surface area (Å²) in [6, 6.07) is 21.3. The Morgan fingerprint density at radius 2 is 1.60 bits per heavy atom. The highest BCUT2D eigenvalue weighted by Crippen LogP contribution is 2.45. The lowest BCUT2D eigenvalue weighted by Crippen LogP contribution is -2.51. The summed E-state index contributed by atoms with van der Waals surface area (Å²) in [5, 5.41) is 0. The number of aromatic nitrogens is 2. The van der Waals surface area contributed by atoms with E-state index in [2.05, 4.69) is 71.0 Å². The lowest BCUT2D eigenvalue weighted by atomic mass is 9.70. The molecular weight excluding hydrogens is 524 g/mol. The summed E-state index contributed by atoms with van der Waals surface area (Å²) < 4.78 is 7.37. The number of para-hydroxylation sites is 2. The second kappa shape index (κ2) is 11.5. The molecule has 3 fully saturated rings. The molecule has 6 rings (SSSR count). The minimum atomic E-state index is -0.762. The van der Waals surface area contributed by atoms with Crippen molar-refractivity contribution in [3.05, 3.63) is 66.0 Å². The lowest BCUT2D eigenvalue weighted by Gasteiger charge is -2.46. The highest BCUT2D eigenvalue weighted by molar-refractivity contribution is 5.86. The number of rotatable bonds is 8. The van der Waals surface area contributed by atoms with E-state index in [0.717, 1.165) is 50.2 Å². The average Bonchev–Trinajstić information content (AvgIpc) is 3.46. The number of esters is 1. The van der Waals surface area contributed by atoms with Crippen molar-refractivity contribution in [2.24, 2.45) is 5.41 Å². The second-order valence-corrected chi connectivity index (χ2v) is 13.6. The Morgan fingerprint density at radius 1 is 0.952 bits per heavy atom. The fraction of sp³-hybridized carbons (Fsp3) is 0.571. The number of amides is 1. The fourth-order valence-electron chi connectivity index (χ4n) is 8.34. The zero-order chi connectivity index (χ0) is 29.5. The minimum absolute atomic E-state index is 0.0528. The number of likely N-dealkylation sites (tertiary alicyclic amines) is 1.